The highest BCUT2D eigenvalue weighted by atomic mass is 19.1. The second-order valence-corrected chi connectivity index (χ2v) is 4.96. The third-order valence-corrected chi connectivity index (χ3v) is 3.32. The van der Waals surface area contributed by atoms with Crippen molar-refractivity contribution in [3.05, 3.63) is 76.1 Å². The van der Waals surface area contributed by atoms with E-state index in [1.54, 1.807) is 36.4 Å². The number of rotatable bonds is 4. The summed E-state index contributed by atoms with van der Waals surface area (Å²) in [5, 5.41) is 0.467. The first-order valence-electron chi connectivity index (χ1n) is 7.00. The molecule has 5 nitrogen and oxygen atoms in total. The van der Waals surface area contributed by atoms with E-state index in [2.05, 4.69) is 9.97 Å². The number of H-pyrrole nitrogens is 1. The predicted molar refractivity (Wildman–Crippen MR) is 82.3 cm³/mol. The zero-order chi connectivity index (χ0) is 16.2. The molecule has 0 fully saturated rings. The minimum absolute atomic E-state index is 0.173. The van der Waals surface area contributed by atoms with Crippen LogP contribution in [0.3, 0.4) is 0 Å². The molecule has 0 saturated heterocycles. The number of ether oxygens (including phenoxy) is 1. The molecule has 0 amide bonds. The van der Waals surface area contributed by atoms with Gasteiger partial charge in [-0.25, -0.2) is 9.37 Å². The number of aromatic amines is 1. The summed E-state index contributed by atoms with van der Waals surface area (Å²) in [6, 6.07) is 12.9. The molecule has 0 saturated carbocycles. The molecule has 0 aliphatic carbocycles. The number of carbonyl (C=O) groups excluding carboxylic acids is 1. The predicted octanol–water partition coefficient (Wildman–Crippen LogP) is 2.35. The van der Waals surface area contributed by atoms with Gasteiger partial charge in [0.15, 0.2) is 0 Å². The van der Waals surface area contributed by atoms with Crippen LogP contribution in [0.4, 0.5) is 4.39 Å². The van der Waals surface area contributed by atoms with E-state index in [9.17, 15) is 14.0 Å². The van der Waals surface area contributed by atoms with Crippen LogP contribution in [0, 0.1) is 5.82 Å². The summed E-state index contributed by atoms with van der Waals surface area (Å²) in [4.78, 5) is 30.5. The lowest BCUT2D eigenvalue weighted by Gasteiger charge is -2.06. The molecular formula is C17H13FN2O3. The van der Waals surface area contributed by atoms with Crippen LogP contribution in [-0.2, 0) is 22.6 Å². The van der Waals surface area contributed by atoms with E-state index in [1.165, 1.54) is 12.1 Å². The third-order valence-electron chi connectivity index (χ3n) is 3.32. The van der Waals surface area contributed by atoms with Crippen LogP contribution in [0.5, 0.6) is 0 Å². The Hall–Kier alpha value is -3.02. The molecule has 3 rings (SSSR count). The van der Waals surface area contributed by atoms with Gasteiger partial charge in [-0.3, -0.25) is 9.59 Å². The summed E-state index contributed by atoms with van der Waals surface area (Å²) in [7, 11) is 0. The molecule has 0 atom stereocenters. The van der Waals surface area contributed by atoms with Crippen molar-refractivity contribution < 1.29 is 13.9 Å². The zero-order valence-corrected chi connectivity index (χ0v) is 12.1. The summed E-state index contributed by atoms with van der Waals surface area (Å²) in [6.07, 6.45) is -0.176. The van der Waals surface area contributed by atoms with Gasteiger partial charge in [-0.15, -0.1) is 0 Å². The van der Waals surface area contributed by atoms with E-state index in [0.29, 0.717) is 10.9 Å². The van der Waals surface area contributed by atoms with E-state index in [0.717, 1.165) is 0 Å². The first-order valence-corrected chi connectivity index (χ1v) is 7.00. The summed E-state index contributed by atoms with van der Waals surface area (Å²) in [5.41, 5.74) is 0.490. The minimum Gasteiger partial charge on any atom is -0.457 e. The topological polar surface area (TPSA) is 72.0 Å². The fourth-order valence-corrected chi connectivity index (χ4v) is 2.20. The molecule has 3 aromatic rings. The molecule has 1 N–H and O–H groups in total. The quantitative estimate of drug-likeness (QED) is 0.751. The number of nitrogens with zero attached hydrogens (tertiary/aromatic N) is 1. The van der Waals surface area contributed by atoms with Crippen LogP contribution in [0.25, 0.3) is 10.9 Å². The lowest BCUT2D eigenvalue weighted by molar-refractivity contribution is -0.144. The van der Waals surface area contributed by atoms with Crippen molar-refractivity contribution >= 4 is 16.9 Å². The van der Waals surface area contributed by atoms with Gasteiger partial charge >= 0.3 is 5.97 Å². The van der Waals surface area contributed by atoms with Gasteiger partial charge in [0.2, 0.25) is 0 Å². The Morgan fingerprint density at radius 3 is 2.70 bits per heavy atom. The number of halogens is 1. The van der Waals surface area contributed by atoms with Crippen LogP contribution in [0.1, 0.15) is 11.4 Å². The number of hydrogen-bond acceptors (Lipinski definition) is 4. The van der Waals surface area contributed by atoms with Gasteiger partial charge in [-0.05, 0) is 23.8 Å². The van der Waals surface area contributed by atoms with Gasteiger partial charge in [0.25, 0.3) is 5.56 Å². The molecule has 1 aromatic heterocycles. The Labute approximate surface area is 130 Å². The average Bonchev–Trinajstić information content (AvgIpc) is 2.55. The second-order valence-electron chi connectivity index (χ2n) is 4.96. The highest BCUT2D eigenvalue weighted by molar-refractivity contribution is 5.77. The maximum Gasteiger partial charge on any atom is 0.310 e. The Balaban J connectivity index is 1.70. The first kappa shape index (κ1) is 14.9. The zero-order valence-electron chi connectivity index (χ0n) is 12.1. The Morgan fingerprint density at radius 1 is 1.13 bits per heavy atom. The second kappa shape index (κ2) is 6.39. The third kappa shape index (κ3) is 3.42. The number of nitrogens with one attached hydrogen (secondary N) is 1. The van der Waals surface area contributed by atoms with Crippen molar-refractivity contribution in [1.82, 2.24) is 9.97 Å². The molecule has 0 aliphatic heterocycles. The Bertz CT molecular complexity index is 921. The van der Waals surface area contributed by atoms with Crippen molar-refractivity contribution in [2.24, 2.45) is 0 Å². The molecule has 6 heteroatoms. The molecule has 0 aliphatic rings. The fourth-order valence-electron chi connectivity index (χ4n) is 2.20. The molecule has 0 unspecified atom stereocenters. The van der Waals surface area contributed by atoms with Gasteiger partial charge in [-0.2, -0.15) is 0 Å². The first-order chi connectivity index (χ1) is 11.1. The fraction of sp³-hybridized carbons (Fsp3) is 0.118. The van der Waals surface area contributed by atoms with Gasteiger partial charge in [0, 0.05) is 0 Å². The van der Waals surface area contributed by atoms with Gasteiger partial charge in [0.1, 0.15) is 18.2 Å². The van der Waals surface area contributed by atoms with Gasteiger partial charge in [-0.1, -0.05) is 30.3 Å². The monoisotopic (exact) mass is 312 g/mol. The maximum atomic E-state index is 13.5. The van der Waals surface area contributed by atoms with Crippen LogP contribution in [0.2, 0.25) is 0 Å². The molecule has 23 heavy (non-hydrogen) atoms. The van der Waals surface area contributed by atoms with Crippen LogP contribution in [0.15, 0.2) is 53.3 Å². The lowest BCUT2D eigenvalue weighted by Crippen LogP contribution is -2.15. The van der Waals surface area contributed by atoms with Crippen molar-refractivity contribution in [3.8, 4) is 0 Å². The highest BCUT2D eigenvalue weighted by Gasteiger charge is 2.10. The van der Waals surface area contributed by atoms with Crippen LogP contribution < -0.4 is 5.56 Å². The minimum atomic E-state index is -0.592. The molecule has 0 radical (unpaired) electrons. The number of esters is 1. The lowest BCUT2D eigenvalue weighted by atomic mass is 10.1. The summed E-state index contributed by atoms with van der Waals surface area (Å²) in [6.45, 7) is -0.173. The van der Waals surface area contributed by atoms with E-state index < -0.39 is 11.8 Å². The van der Waals surface area contributed by atoms with Crippen molar-refractivity contribution in [2.75, 3.05) is 0 Å². The molecule has 2 aromatic carbocycles. The summed E-state index contributed by atoms with van der Waals surface area (Å²) in [5.74, 6) is -0.803. The largest absolute Gasteiger partial charge is 0.457 e. The van der Waals surface area contributed by atoms with Gasteiger partial charge in [0.05, 0.1) is 17.3 Å². The van der Waals surface area contributed by atoms with Crippen molar-refractivity contribution in [3.63, 3.8) is 0 Å². The van der Waals surface area contributed by atoms with Crippen LogP contribution in [-0.4, -0.2) is 15.9 Å². The SMILES string of the molecule is O=C(Cc1ccccc1F)OCc1nc2ccccc2c(=O)[nH]1. The maximum absolute atomic E-state index is 13.5. The number of benzene rings is 2. The number of carbonyl (C=O) groups is 1. The number of hydrogen-bond donors (Lipinski definition) is 1. The van der Waals surface area contributed by atoms with E-state index in [-0.39, 0.29) is 30.0 Å². The smallest absolute Gasteiger partial charge is 0.310 e. The number of para-hydroxylation sites is 1. The molecule has 0 spiro atoms. The van der Waals surface area contributed by atoms with E-state index in [4.69, 9.17) is 4.74 Å². The number of aromatic nitrogens is 2. The van der Waals surface area contributed by atoms with E-state index in [1.807, 2.05) is 0 Å². The molecule has 0 bridgehead atoms. The normalized spacial score (nSPS) is 10.7. The Kier molecular flexibility index (Phi) is 4.14. The average molecular weight is 312 g/mol. The van der Waals surface area contributed by atoms with Crippen molar-refractivity contribution in [2.45, 2.75) is 13.0 Å². The molecule has 116 valence electrons. The Morgan fingerprint density at radius 2 is 1.87 bits per heavy atom. The summed E-state index contributed by atoms with van der Waals surface area (Å²) < 4.78 is 18.5. The van der Waals surface area contributed by atoms with E-state index >= 15 is 0 Å². The standard InChI is InChI=1S/C17H13FN2O3/c18-13-7-3-1-5-11(13)9-16(21)23-10-15-19-14-8-4-2-6-12(14)17(22)20-15/h1-8H,9-10H2,(H,19,20,22). The summed E-state index contributed by atoms with van der Waals surface area (Å²) >= 11 is 0. The molecule has 1 heterocycles. The highest BCUT2D eigenvalue weighted by Crippen LogP contribution is 2.09. The van der Waals surface area contributed by atoms with Crippen LogP contribution >= 0.6 is 0 Å². The van der Waals surface area contributed by atoms with Gasteiger partial charge < -0.3 is 9.72 Å². The molecular weight excluding hydrogens is 299 g/mol. The van der Waals surface area contributed by atoms with Crippen molar-refractivity contribution in [1.29, 1.82) is 0 Å². The number of fused-ring (bicyclic) bond motifs is 1.